The van der Waals surface area contributed by atoms with Crippen molar-refractivity contribution in [2.75, 3.05) is 6.61 Å². The van der Waals surface area contributed by atoms with Crippen molar-refractivity contribution in [2.24, 2.45) is 5.41 Å². The molecule has 0 fully saturated rings. The molecule has 0 spiro atoms. The molecule has 100 valence electrons. The number of halogens is 1. The lowest BCUT2D eigenvalue weighted by atomic mass is 9.93. The predicted octanol–water partition coefficient (Wildman–Crippen LogP) is 4.20. The second-order valence-electron chi connectivity index (χ2n) is 5.41. The van der Waals surface area contributed by atoms with Crippen LogP contribution in [-0.2, 0) is 11.3 Å². The zero-order chi connectivity index (χ0) is 13.8. The Kier molecular flexibility index (Phi) is 5.11. The second kappa shape index (κ2) is 6.16. The van der Waals surface area contributed by atoms with Crippen LogP contribution in [0.3, 0.4) is 0 Å². The summed E-state index contributed by atoms with van der Waals surface area (Å²) in [5.74, 6) is 0. The molecule has 4 nitrogen and oxygen atoms in total. The van der Waals surface area contributed by atoms with E-state index in [2.05, 4.69) is 20.8 Å². The second-order valence-corrected chi connectivity index (χ2v) is 5.81. The topological polar surface area (TPSA) is 52.4 Å². The third-order valence-corrected chi connectivity index (χ3v) is 2.79. The Balaban J connectivity index is 2.53. The normalized spacial score (nSPS) is 11.6. The van der Waals surface area contributed by atoms with Gasteiger partial charge in [-0.2, -0.15) is 0 Å². The first-order valence-corrected chi connectivity index (χ1v) is 6.18. The summed E-state index contributed by atoms with van der Waals surface area (Å²) >= 11 is 5.73. The maximum absolute atomic E-state index is 10.7. The summed E-state index contributed by atoms with van der Waals surface area (Å²) in [5.41, 5.74) is 0.917. The summed E-state index contributed by atoms with van der Waals surface area (Å²) in [6, 6.07) is 4.73. The number of benzene rings is 1. The van der Waals surface area contributed by atoms with Crippen molar-refractivity contribution in [1.29, 1.82) is 0 Å². The van der Waals surface area contributed by atoms with Crippen molar-refractivity contribution < 1.29 is 9.66 Å². The molecule has 0 amide bonds. The lowest BCUT2D eigenvalue weighted by molar-refractivity contribution is -0.384. The zero-order valence-electron chi connectivity index (χ0n) is 10.9. The van der Waals surface area contributed by atoms with E-state index < -0.39 is 4.92 Å². The van der Waals surface area contributed by atoms with Crippen LogP contribution in [0.5, 0.6) is 0 Å². The Morgan fingerprint density at radius 1 is 1.39 bits per heavy atom. The van der Waals surface area contributed by atoms with Gasteiger partial charge in [0.25, 0.3) is 5.69 Å². The Morgan fingerprint density at radius 2 is 2.06 bits per heavy atom. The third-order valence-electron chi connectivity index (χ3n) is 2.47. The van der Waals surface area contributed by atoms with Crippen molar-refractivity contribution in [1.82, 2.24) is 0 Å². The number of nitro benzene ring substituents is 1. The van der Waals surface area contributed by atoms with E-state index in [4.69, 9.17) is 16.3 Å². The summed E-state index contributed by atoms with van der Waals surface area (Å²) < 4.78 is 5.50. The van der Waals surface area contributed by atoms with Gasteiger partial charge in [0.15, 0.2) is 0 Å². The third kappa shape index (κ3) is 5.02. The van der Waals surface area contributed by atoms with Crippen LogP contribution in [0.25, 0.3) is 0 Å². The summed E-state index contributed by atoms with van der Waals surface area (Å²) in [6.07, 6.45) is 0.947. The lowest BCUT2D eigenvalue weighted by Gasteiger charge is -2.17. The minimum Gasteiger partial charge on any atom is -0.377 e. The van der Waals surface area contributed by atoms with E-state index in [0.29, 0.717) is 13.2 Å². The van der Waals surface area contributed by atoms with E-state index in [-0.39, 0.29) is 16.1 Å². The highest BCUT2D eigenvalue weighted by atomic mass is 35.5. The van der Waals surface area contributed by atoms with E-state index in [1.54, 1.807) is 6.07 Å². The molecule has 0 N–H and O–H groups in total. The fourth-order valence-electron chi connectivity index (χ4n) is 1.36. The molecular weight excluding hydrogens is 254 g/mol. The lowest BCUT2D eigenvalue weighted by Crippen LogP contribution is -2.09. The van der Waals surface area contributed by atoms with E-state index in [1.165, 1.54) is 12.1 Å². The first-order valence-electron chi connectivity index (χ1n) is 5.80. The molecule has 0 aliphatic rings. The number of hydrogen-bond donors (Lipinski definition) is 0. The van der Waals surface area contributed by atoms with Gasteiger partial charge in [0.05, 0.1) is 11.5 Å². The molecule has 5 heteroatoms. The van der Waals surface area contributed by atoms with E-state index in [9.17, 15) is 10.1 Å². The first-order chi connectivity index (χ1) is 8.29. The average Bonchev–Trinajstić information content (AvgIpc) is 2.24. The molecule has 0 aliphatic carbocycles. The van der Waals surface area contributed by atoms with Gasteiger partial charge in [-0.3, -0.25) is 10.1 Å². The molecule has 18 heavy (non-hydrogen) atoms. The van der Waals surface area contributed by atoms with Crippen LogP contribution in [0.15, 0.2) is 18.2 Å². The molecule has 1 rings (SSSR count). The smallest absolute Gasteiger partial charge is 0.288 e. The minimum absolute atomic E-state index is 0.0754. The molecule has 0 bridgehead atoms. The van der Waals surface area contributed by atoms with Crippen LogP contribution in [-0.4, -0.2) is 11.5 Å². The van der Waals surface area contributed by atoms with Crippen molar-refractivity contribution in [3.63, 3.8) is 0 Å². The monoisotopic (exact) mass is 271 g/mol. The highest BCUT2D eigenvalue weighted by molar-refractivity contribution is 6.32. The molecule has 0 atom stereocenters. The molecular formula is C13H18ClNO3. The SMILES string of the molecule is CC(C)(C)CCOCc1ccc(Cl)c([N+](=O)[O-])c1. The Morgan fingerprint density at radius 3 is 2.61 bits per heavy atom. The molecule has 0 aromatic heterocycles. The van der Waals surface area contributed by atoms with Crippen molar-refractivity contribution >= 4 is 17.3 Å². The summed E-state index contributed by atoms with van der Waals surface area (Å²) in [6.45, 7) is 7.44. The van der Waals surface area contributed by atoms with Crippen molar-refractivity contribution in [3.05, 3.63) is 38.9 Å². The van der Waals surface area contributed by atoms with E-state index in [0.717, 1.165) is 12.0 Å². The highest BCUT2D eigenvalue weighted by Crippen LogP contribution is 2.25. The van der Waals surface area contributed by atoms with Gasteiger partial charge in [0.1, 0.15) is 5.02 Å². The summed E-state index contributed by atoms with van der Waals surface area (Å²) in [7, 11) is 0. The number of nitrogens with zero attached hydrogens (tertiary/aromatic N) is 1. The molecule has 1 aromatic rings. The van der Waals surface area contributed by atoms with Gasteiger partial charge in [-0.05, 0) is 23.5 Å². The van der Waals surface area contributed by atoms with Gasteiger partial charge >= 0.3 is 0 Å². The number of nitro groups is 1. The predicted molar refractivity (Wildman–Crippen MR) is 71.8 cm³/mol. The molecule has 1 aromatic carbocycles. The van der Waals surface area contributed by atoms with Crippen molar-refractivity contribution in [2.45, 2.75) is 33.8 Å². The molecule has 0 unspecified atom stereocenters. The largest absolute Gasteiger partial charge is 0.377 e. The maximum Gasteiger partial charge on any atom is 0.288 e. The van der Waals surface area contributed by atoms with Gasteiger partial charge in [-0.15, -0.1) is 0 Å². The fraction of sp³-hybridized carbons (Fsp3) is 0.538. The maximum atomic E-state index is 10.7. The van der Waals surface area contributed by atoms with Crippen LogP contribution < -0.4 is 0 Å². The van der Waals surface area contributed by atoms with Gasteiger partial charge < -0.3 is 4.74 Å². The molecule has 0 saturated heterocycles. The zero-order valence-corrected chi connectivity index (χ0v) is 11.7. The standard InChI is InChI=1S/C13H18ClNO3/c1-13(2,3)6-7-18-9-10-4-5-11(14)12(8-10)15(16)17/h4-5,8H,6-7,9H2,1-3H3. The van der Waals surface area contributed by atoms with Crippen LogP contribution in [0, 0.1) is 15.5 Å². The Labute approximate surface area is 112 Å². The Bertz CT molecular complexity index is 427. The highest BCUT2D eigenvalue weighted by Gasteiger charge is 2.13. The summed E-state index contributed by atoms with van der Waals surface area (Å²) in [5, 5.41) is 10.9. The fourth-order valence-corrected chi connectivity index (χ4v) is 1.54. The Hall–Kier alpha value is -1.13. The molecule has 0 aliphatic heterocycles. The van der Waals surface area contributed by atoms with Crippen LogP contribution in [0.1, 0.15) is 32.8 Å². The first kappa shape index (κ1) is 14.9. The van der Waals surface area contributed by atoms with E-state index >= 15 is 0 Å². The van der Waals surface area contributed by atoms with Crippen LogP contribution in [0.4, 0.5) is 5.69 Å². The number of hydrogen-bond acceptors (Lipinski definition) is 3. The van der Waals surface area contributed by atoms with Crippen LogP contribution >= 0.6 is 11.6 Å². The minimum atomic E-state index is -0.485. The van der Waals surface area contributed by atoms with Gasteiger partial charge in [-0.25, -0.2) is 0 Å². The van der Waals surface area contributed by atoms with E-state index in [1.807, 2.05) is 0 Å². The average molecular weight is 272 g/mol. The quantitative estimate of drug-likeness (QED) is 0.458. The number of ether oxygens (including phenoxy) is 1. The van der Waals surface area contributed by atoms with Crippen LogP contribution in [0.2, 0.25) is 5.02 Å². The number of rotatable bonds is 5. The summed E-state index contributed by atoms with van der Waals surface area (Å²) in [4.78, 5) is 10.2. The van der Waals surface area contributed by atoms with Gasteiger partial charge in [0, 0.05) is 12.7 Å². The molecule has 0 saturated carbocycles. The van der Waals surface area contributed by atoms with Gasteiger partial charge in [-0.1, -0.05) is 38.4 Å². The molecule has 0 radical (unpaired) electrons. The van der Waals surface area contributed by atoms with Gasteiger partial charge in [0.2, 0.25) is 0 Å². The molecule has 0 heterocycles. The van der Waals surface area contributed by atoms with Crippen molar-refractivity contribution in [3.8, 4) is 0 Å².